The average Bonchev–Trinajstić information content (AvgIpc) is 2.50. The molecule has 0 atom stereocenters. The van der Waals surface area contributed by atoms with Gasteiger partial charge >= 0.3 is 0 Å². The summed E-state index contributed by atoms with van der Waals surface area (Å²) in [6.45, 7) is 6.40. The minimum Gasteiger partial charge on any atom is -0.384 e. The summed E-state index contributed by atoms with van der Waals surface area (Å²) >= 11 is 0. The topological polar surface area (TPSA) is 24.1 Å². The summed E-state index contributed by atoms with van der Waals surface area (Å²) in [5, 5.41) is 6.79. The number of anilines is 1. The van der Waals surface area contributed by atoms with Crippen LogP contribution in [0.3, 0.4) is 0 Å². The third-order valence-electron chi connectivity index (χ3n) is 3.16. The molecule has 0 unspecified atom stereocenters. The van der Waals surface area contributed by atoms with Crippen LogP contribution >= 0.6 is 0 Å². The molecule has 0 aliphatic carbocycles. The predicted molar refractivity (Wildman–Crippen MR) is 87.2 cm³/mol. The van der Waals surface area contributed by atoms with E-state index in [9.17, 15) is 0 Å². The van der Waals surface area contributed by atoms with Crippen molar-refractivity contribution in [2.45, 2.75) is 6.42 Å². The number of nitrogens with one attached hydrogen (secondary N) is 2. The molecule has 2 aromatic rings. The van der Waals surface area contributed by atoms with E-state index in [0.717, 1.165) is 26.1 Å². The molecule has 2 heteroatoms. The Morgan fingerprint density at radius 3 is 2.45 bits per heavy atom. The van der Waals surface area contributed by atoms with Crippen molar-refractivity contribution >= 4 is 5.69 Å². The van der Waals surface area contributed by atoms with Gasteiger partial charge in [0.1, 0.15) is 0 Å². The van der Waals surface area contributed by atoms with Crippen LogP contribution < -0.4 is 10.6 Å². The van der Waals surface area contributed by atoms with Crippen molar-refractivity contribution in [2.24, 2.45) is 0 Å². The monoisotopic (exact) mass is 266 g/mol. The Kier molecular flexibility index (Phi) is 5.87. The van der Waals surface area contributed by atoms with E-state index in [2.05, 4.69) is 71.8 Å². The largest absolute Gasteiger partial charge is 0.384 e. The second-order valence-corrected chi connectivity index (χ2v) is 4.74. The Hall–Kier alpha value is -2.06. The van der Waals surface area contributed by atoms with Gasteiger partial charge in [0.25, 0.3) is 0 Å². The summed E-state index contributed by atoms with van der Waals surface area (Å²) in [5.74, 6) is 0. The highest BCUT2D eigenvalue weighted by molar-refractivity contribution is 5.52. The van der Waals surface area contributed by atoms with Gasteiger partial charge in [0, 0.05) is 25.3 Å². The summed E-state index contributed by atoms with van der Waals surface area (Å²) in [6, 6.07) is 19.1. The summed E-state index contributed by atoms with van der Waals surface area (Å²) < 4.78 is 0. The van der Waals surface area contributed by atoms with Crippen LogP contribution in [0.25, 0.3) is 0 Å². The molecule has 2 aromatic carbocycles. The fourth-order valence-electron chi connectivity index (χ4n) is 2.15. The molecule has 0 radical (unpaired) electrons. The third-order valence-corrected chi connectivity index (χ3v) is 3.16. The Labute approximate surface area is 121 Å². The second kappa shape index (κ2) is 8.18. The highest BCUT2D eigenvalue weighted by Gasteiger charge is 2.02. The van der Waals surface area contributed by atoms with Crippen molar-refractivity contribution in [3.8, 4) is 0 Å². The maximum Gasteiger partial charge on any atom is 0.0376 e. The number of benzene rings is 2. The minimum atomic E-state index is 0.855. The summed E-state index contributed by atoms with van der Waals surface area (Å²) in [7, 11) is 0. The molecule has 0 bridgehead atoms. The lowest BCUT2D eigenvalue weighted by molar-refractivity contribution is 0.770. The van der Waals surface area contributed by atoms with E-state index in [1.165, 1.54) is 16.8 Å². The van der Waals surface area contributed by atoms with Gasteiger partial charge < -0.3 is 10.6 Å². The standard InChI is InChI=1S/C18H22N2/c1-2-12-19-13-14-20-18-11-7-6-10-17(18)15-16-8-4-3-5-9-16/h2-11,19-20H,1,12-15H2. The first kappa shape index (κ1) is 14.4. The van der Waals surface area contributed by atoms with Crippen LogP contribution in [0.15, 0.2) is 67.3 Å². The average molecular weight is 266 g/mol. The molecule has 0 aliphatic heterocycles. The van der Waals surface area contributed by atoms with E-state index in [4.69, 9.17) is 0 Å². The molecule has 0 saturated heterocycles. The van der Waals surface area contributed by atoms with E-state index < -0.39 is 0 Å². The van der Waals surface area contributed by atoms with Crippen LogP contribution in [-0.2, 0) is 6.42 Å². The Bertz CT molecular complexity index is 520. The van der Waals surface area contributed by atoms with Crippen LogP contribution in [0, 0.1) is 0 Å². The highest BCUT2D eigenvalue weighted by atomic mass is 14.9. The second-order valence-electron chi connectivity index (χ2n) is 4.74. The lowest BCUT2D eigenvalue weighted by Crippen LogP contribution is -2.22. The molecule has 2 rings (SSSR count). The summed E-state index contributed by atoms with van der Waals surface area (Å²) in [6.07, 6.45) is 2.84. The molecule has 0 heterocycles. The molecular weight excluding hydrogens is 244 g/mol. The zero-order valence-electron chi connectivity index (χ0n) is 11.8. The summed E-state index contributed by atoms with van der Waals surface area (Å²) in [5.41, 5.74) is 3.89. The smallest absolute Gasteiger partial charge is 0.0376 e. The van der Waals surface area contributed by atoms with Crippen molar-refractivity contribution in [3.05, 3.63) is 78.4 Å². The van der Waals surface area contributed by atoms with Gasteiger partial charge in [-0.3, -0.25) is 0 Å². The molecule has 0 aromatic heterocycles. The number of hydrogen-bond donors (Lipinski definition) is 2. The highest BCUT2D eigenvalue weighted by Crippen LogP contribution is 2.18. The quantitative estimate of drug-likeness (QED) is 0.565. The molecule has 0 amide bonds. The maximum absolute atomic E-state index is 3.69. The van der Waals surface area contributed by atoms with Gasteiger partial charge in [-0.2, -0.15) is 0 Å². The molecule has 2 N–H and O–H groups in total. The van der Waals surface area contributed by atoms with Gasteiger partial charge in [-0.15, -0.1) is 6.58 Å². The molecule has 0 saturated carbocycles. The van der Waals surface area contributed by atoms with Gasteiger partial charge in [-0.25, -0.2) is 0 Å². The molecule has 20 heavy (non-hydrogen) atoms. The number of para-hydroxylation sites is 1. The van der Waals surface area contributed by atoms with Gasteiger partial charge in [-0.1, -0.05) is 54.6 Å². The van der Waals surface area contributed by atoms with Crippen LogP contribution in [0.1, 0.15) is 11.1 Å². The van der Waals surface area contributed by atoms with Crippen LogP contribution in [0.5, 0.6) is 0 Å². The molecule has 104 valence electrons. The minimum absolute atomic E-state index is 0.855. The Morgan fingerprint density at radius 1 is 0.900 bits per heavy atom. The van der Waals surface area contributed by atoms with E-state index in [0.29, 0.717) is 0 Å². The third kappa shape index (κ3) is 4.56. The van der Waals surface area contributed by atoms with Gasteiger partial charge in [0.05, 0.1) is 0 Å². The Balaban J connectivity index is 1.94. The van der Waals surface area contributed by atoms with Gasteiger partial charge in [-0.05, 0) is 23.6 Å². The number of rotatable bonds is 8. The van der Waals surface area contributed by atoms with E-state index in [-0.39, 0.29) is 0 Å². The van der Waals surface area contributed by atoms with Crippen molar-refractivity contribution < 1.29 is 0 Å². The fourth-order valence-corrected chi connectivity index (χ4v) is 2.15. The number of hydrogen-bond acceptors (Lipinski definition) is 2. The first-order valence-corrected chi connectivity index (χ1v) is 7.07. The van der Waals surface area contributed by atoms with Crippen LogP contribution in [-0.4, -0.2) is 19.6 Å². The molecule has 0 fully saturated rings. The van der Waals surface area contributed by atoms with Gasteiger partial charge in [0.15, 0.2) is 0 Å². The van der Waals surface area contributed by atoms with Crippen molar-refractivity contribution in [1.82, 2.24) is 5.32 Å². The summed E-state index contributed by atoms with van der Waals surface area (Å²) in [4.78, 5) is 0. The van der Waals surface area contributed by atoms with Crippen molar-refractivity contribution in [2.75, 3.05) is 25.0 Å². The van der Waals surface area contributed by atoms with E-state index in [1.807, 2.05) is 6.08 Å². The first-order valence-electron chi connectivity index (χ1n) is 7.07. The van der Waals surface area contributed by atoms with E-state index >= 15 is 0 Å². The first-order chi connectivity index (χ1) is 9.90. The van der Waals surface area contributed by atoms with Crippen LogP contribution in [0.4, 0.5) is 5.69 Å². The zero-order chi connectivity index (χ0) is 14.0. The van der Waals surface area contributed by atoms with E-state index in [1.54, 1.807) is 0 Å². The van der Waals surface area contributed by atoms with Crippen LogP contribution in [0.2, 0.25) is 0 Å². The molecule has 2 nitrogen and oxygen atoms in total. The van der Waals surface area contributed by atoms with Gasteiger partial charge in [0.2, 0.25) is 0 Å². The molecule has 0 spiro atoms. The lowest BCUT2D eigenvalue weighted by Gasteiger charge is -2.12. The molecular formula is C18H22N2. The maximum atomic E-state index is 3.69. The Morgan fingerprint density at radius 2 is 1.65 bits per heavy atom. The zero-order valence-corrected chi connectivity index (χ0v) is 11.8. The van der Waals surface area contributed by atoms with Crippen molar-refractivity contribution in [3.63, 3.8) is 0 Å². The SMILES string of the molecule is C=CCNCCNc1ccccc1Cc1ccccc1. The van der Waals surface area contributed by atoms with Crippen molar-refractivity contribution in [1.29, 1.82) is 0 Å². The molecule has 0 aliphatic rings. The normalized spacial score (nSPS) is 10.2. The predicted octanol–water partition coefficient (Wildman–Crippen LogP) is 3.46. The fraction of sp³-hybridized carbons (Fsp3) is 0.222. The lowest BCUT2D eigenvalue weighted by atomic mass is 10.0.